The van der Waals surface area contributed by atoms with Crippen molar-refractivity contribution >= 4 is 28.5 Å². The number of fused-ring (bicyclic) bond motifs is 1. The van der Waals surface area contributed by atoms with Gasteiger partial charge in [0.1, 0.15) is 6.61 Å². The second-order valence-electron chi connectivity index (χ2n) is 4.78. The first kappa shape index (κ1) is 14.5. The summed E-state index contributed by atoms with van der Waals surface area (Å²) in [6.45, 7) is 0.351. The molecule has 0 radical (unpaired) electrons. The molecule has 0 saturated carbocycles. The molecule has 1 heterocycles. The third-order valence-corrected chi connectivity index (χ3v) is 3.56. The average Bonchev–Trinajstić information content (AvgIpc) is 2.91. The van der Waals surface area contributed by atoms with Gasteiger partial charge in [-0.25, -0.2) is 4.79 Å². The Morgan fingerprint density at radius 3 is 2.68 bits per heavy atom. The van der Waals surface area contributed by atoms with E-state index < -0.39 is 5.97 Å². The topological polar surface area (TPSA) is 51.3 Å². The summed E-state index contributed by atoms with van der Waals surface area (Å²) in [4.78, 5) is 15.0. The predicted molar refractivity (Wildman–Crippen MR) is 85.4 cm³/mol. The smallest absolute Gasteiger partial charge is 0.358 e. The summed E-state index contributed by atoms with van der Waals surface area (Å²) < 4.78 is 10.7. The third kappa shape index (κ3) is 2.78. The molecule has 1 aromatic heterocycles. The van der Waals surface area contributed by atoms with Crippen LogP contribution >= 0.6 is 11.6 Å². The van der Waals surface area contributed by atoms with E-state index in [0.717, 1.165) is 16.5 Å². The minimum atomic E-state index is -0.476. The average molecular weight is 316 g/mol. The Labute approximate surface area is 132 Å². The second-order valence-corrected chi connectivity index (χ2v) is 5.22. The van der Waals surface area contributed by atoms with Crippen LogP contribution in [-0.4, -0.2) is 18.1 Å². The lowest BCUT2D eigenvalue weighted by atomic mass is 10.2. The van der Waals surface area contributed by atoms with Gasteiger partial charge in [-0.3, -0.25) is 0 Å². The lowest BCUT2D eigenvalue weighted by Gasteiger charge is -2.07. The molecule has 112 valence electrons. The number of aromatic nitrogens is 1. The molecule has 3 rings (SSSR count). The number of ether oxygens (including phenoxy) is 2. The van der Waals surface area contributed by atoms with Crippen molar-refractivity contribution in [2.24, 2.45) is 0 Å². The van der Waals surface area contributed by atoms with Crippen LogP contribution in [0.3, 0.4) is 0 Å². The summed E-state index contributed by atoms with van der Waals surface area (Å²) in [5, 5.41) is 1.33. The van der Waals surface area contributed by atoms with Crippen molar-refractivity contribution in [3.8, 4) is 5.75 Å². The molecule has 0 bridgehead atoms. The summed E-state index contributed by atoms with van der Waals surface area (Å²) in [7, 11) is 1.34. The van der Waals surface area contributed by atoms with Gasteiger partial charge in [0.05, 0.1) is 7.11 Å². The molecule has 0 unspecified atom stereocenters. The lowest BCUT2D eigenvalue weighted by Crippen LogP contribution is -2.05. The Morgan fingerprint density at radius 1 is 1.18 bits per heavy atom. The van der Waals surface area contributed by atoms with Crippen molar-refractivity contribution in [2.75, 3.05) is 7.11 Å². The van der Waals surface area contributed by atoms with Crippen LogP contribution in [0.15, 0.2) is 48.5 Å². The molecule has 1 N–H and O–H groups in total. The quantitative estimate of drug-likeness (QED) is 0.735. The monoisotopic (exact) mass is 315 g/mol. The Morgan fingerprint density at radius 2 is 1.95 bits per heavy atom. The third-order valence-electron chi connectivity index (χ3n) is 3.33. The number of aromatic amines is 1. The highest BCUT2D eigenvalue weighted by Gasteiger charge is 2.20. The number of nitrogens with one attached hydrogen (secondary N) is 1. The van der Waals surface area contributed by atoms with Gasteiger partial charge in [0.15, 0.2) is 11.4 Å². The van der Waals surface area contributed by atoms with E-state index >= 15 is 0 Å². The van der Waals surface area contributed by atoms with Crippen molar-refractivity contribution in [2.45, 2.75) is 6.61 Å². The van der Waals surface area contributed by atoms with E-state index in [-0.39, 0.29) is 5.69 Å². The van der Waals surface area contributed by atoms with Crippen molar-refractivity contribution in [3.63, 3.8) is 0 Å². The molecule has 0 saturated heterocycles. The molecular formula is C17H14ClNO3. The molecule has 22 heavy (non-hydrogen) atoms. The minimum absolute atomic E-state index is 0.288. The maximum absolute atomic E-state index is 11.9. The number of H-pyrrole nitrogens is 1. The van der Waals surface area contributed by atoms with Gasteiger partial charge >= 0.3 is 5.97 Å². The Kier molecular flexibility index (Phi) is 4.02. The summed E-state index contributed by atoms with van der Waals surface area (Å²) >= 11 is 6.04. The lowest BCUT2D eigenvalue weighted by molar-refractivity contribution is 0.0590. The zero-order chi connectivity index (χ0) is 15.5. The van der Waals surface area contributed by atoms with E-state index in [2.05, 4.69) is 4.98 Å². The van der Waals surface area contributed by atoms with E-state index in [9.17, 15) is 4.79 Å². The number of hydrogen-bond acceptors (Lipinski definition) is 3. The Hall–Kier alpha value is -2.46. The molecule has 0 atom stereocenters. The molecule has 4 nitrogen and oxygen atoms in total. The number of halogens is 1. The SMILES string of the molecule is COC(=O)c1[nH]c2ccc(Cl)cc2c1OCc1ccccc1. The molecule has 0 aliphatic rings. The van der Waals surface area contributed by atoms with Crippen LogP contribution in [0.4, 0.5) is 0 Å². The van der Waals surface area contributed by atoms with Crippen molar-refractivity contribution in [1.29, 1.82) is 0 Å². The van der Waals surface area contributed by atoms with Gasteiger partial charge in [-0.15, -0.1) is 0 Å². The molecular weight excluding hydrogens is 302 g/mol. The van der Waals surface area contributed by atoms with E-state index in [0.29, 0.717) is 17.4 Å². The van der Waals surface area contributed by atoms with Crippen LogP contribution in [0.25, 0.3) is 10.9 Å². The number of methoxy groups -OCH3 is 1. The van der Waals surface area contributed by atoms with Gasteiger partial charge in [0, 0.05) is 15.9 Å². The normalized spacial score (nSPS) is 10.6. The molecule has 5 heteroatoms. The van der Waals surface area contributed by atoms with Gasteiger partial charge in [0.2, 0.25) is 0 Å². The van der Waals surface area contributed by atoms with Crippen molar-refractivity contribution < 1.29 is 14.3 Å². The fraction of sp³-hybridized carbons (Fsp3) is 0.118. The molecule has 0 aliphatic carbocycles. The van der Waals surface area contributed by atoms with Gasteiger partial charge < -0.3 is 14.5 Å². The first-order chi connectivity index (χ1) is 10.7. The minimum Gasteiger partial charge on any atom is -0.486 e. The molecule has 0 fully saturated rings. The number of hydrogen-bond donors (Lipinski definition) is 1. The maximum atomic E-state index is 11.9. The molecule has 0 spiro atoms. The van der Waals surface area contributed by atoms with Crippen molar-refractivity contribution in [1.82, 2.24) is 4.98 Å². The van der Waals surface area contributed by atoms with Crippen LogP contribution in [0.2, 0.25) is 5.02 Å². The largest absolute Gasteiger partial charge is 0.486 e. The van der Waals surface area contributed by atoms with Gasteiger partial charge in [-0.1, -0.05) is 41.9 Å². The molecule has 0 amide bonds. The van der Waals surface area contributed by atoms with E-state index in [1.165, 1.54) is 7.11 Å². The summed E-state index contributed by atoms with van der Waals surface area (Å²) in [6.07, 6.45) is 0. The number of carbonyl (C=O) groups is 1. The summed E-state index contributed by atoms with van der Waals surface area (Å²) in [5.74, 6) is -0.0245. The van der Waals surface area contributed by atoms with Crippen molar-refractivity contribution in [3.05, 3.63) is 64.8 Å². The summed E-state index contributed by atoms with van der Waals surface area (Å²) in [6, 6.07) is 15.0. The zero-order valence-corrected chi connectivity index (χ0v) is 12.7. The van der Waals surface area contributed by atoms with Gasteiger partial charge in [0.25, 0.3) is 0 Å². The fourth-order valence-corrected chi connectivity index (χ4v) is 2.44. The highest BCUT2D eigenvalue weighted by molar-refractivity contribution is 6.31. The maximum Gasteiger partial charge on any atom is 0.358 e. The number of benzene rings is 2. The Bertz CT molecular complexity index is 811. The van der Waals surface area contributed by atoms with Gasteiger partial charge in [-0.05, 0) is 23.8 Å². The molecule has 2 aromatic carbocycles. The predicted octanol–water partition coefficient (Wildman–Crippen LogP) is 4.19. The first-order valence-electron chi connectivity index (χ1n) is 6.75. The van der Waals surface area contributed by atoms with Crippen LogP contribution in [0.1, 0.15) is 16.1 Å². The van der Waals surface area contributed by atoms with Crippen LogP contribution in [-0.2, 0) is 11.3 Å². The standard InChI is InChI=1S/C17H14ClNO3/c1-21-17(20)15-16(22-10-11-5-3-2-4-6-11)13-9-12(18)7-8-14(13)19-15/h2-9,19H,10H2,1H3. The fourth-order valence-electron chi connectivity index (χ4n) is 2.26. The highest BCUT2D eigenvalue weighted by atomic mass is 35.5. The van der Waals surface area contributed by atoms with E-state index in [1.54, 1.807) is 18.2 Å². The van der Waals surface area contributed by atoms with Crippen LogP contribution < -0.4 is 4.74 Å². The second kappa shape index (κ2) is 6.12. The number of esters is 1. The first-order valence-corrected chi connectivity index (χ1v) is 7.13. The molecule has 0 aliphatic heterocycles. The van der Waals surface area contributed by atoms with Crippen LogP contribution in [0, 0.1) is 0 Å². The zero-order valence-electron chi connectivity index (χ0n) is 11.9. The van der Waals surface area contributed by atoms with Crippen LogP contribution in [0.5, 0.6) is 5.75 Å². The Balaban J connectivity index is 2.01. The number of carbonyl (C=O) groups excluding carboxylic acids is 1. The van der Waals surface area contributed by atoms with E-state index in [4.69, 9.17) is 21.1 Å². The van der Waals surface area contributed by atoms with E-state index in [1.807, 2.05) is 30.3 Å². The van der Waals surface area contributed by atoms with Gasteiger partial charge in [-0.2, -0.15) is 0 Å². The number of rotatable bonds is 4. The molecule has 3 aromatic rings. The highest BCUT2D eigenvalue weighted by Crippen LogP contribution is 2.33. The summed E-state index contributed by atoms with van der Waals surface area (Å²) in [5.41, 5.74) is 2.07.